The van der Waals surface area contributed by atoms with Crippen LogP contribution in [-0.2, 0) is 0 Å². The van der Waals surface area contributed by atoms with Crippen LogP contribution in [0.15, 0.2) is 46.9 Å². The van der Waals surface area contributed by atoms with Crippen LogP contribution in [0.3, 0.4) is 0 Å². The summed E-state index contributed by atoms with van der Waals surface area (Å²) in [6.07, 6.45) is -0.625. The summed E-state index contributed by atoms with van der Waals surface area (Å²) in [5.74, 6) is 0.787. The number of ether oxygens (including phenoxy) is 1. The van der Waals surface area contributed by atoms with Crippen molar-refractivity contribution in [2.45, 2.75) is 6.10 Å². The topological polar surface area (TPSA) is 29.5 Å². The maximum Gasteiger partial charge on any atom is 0.118 e. The number of aliphatic hydroxyl groups excluding tert-OH is 1. The molecule has 0 aliphatic carbocycles. The maximum atomic E-state index is 10.4. The fourth-order valence-corrected chi connectivity index (χ4v) is 2.70. The van der Waals surface area contributed by atoms with Crippen LogP contribution in [0.1, 0.15) is 17.2 Å². The van der Waals surface area contributed by atoms with Gasteiger partial charge in [0.25, 0.3) is 0 Å². The molecule has 0 fully saturated rings. The Morgan fingerprint density at radius 2 is 1.83 bits per heavy atom. The van der Waals surface area contributed by atoms with Gasteiger partial charge in [-0.1, -0.05) is 28.1 Å². The third kappa shape index (κ3) is 3.05. The molecular formula is C14H12BrIO2. The Kier molecular flexibility index (Phi) is 4.64. The Labute approximate surface area is 128 Å². The van der Waals surface area contributed by atoms with E-state index in [0.29, 0.717) is 0 Å². The second kappa shape index (κ2) is 6.04. The second-order valence-corrected chi connectivity index (χ2v) is 5.92. The Morgan fingerprint density at radius 1 is 1.17 bits per heavy atom. The predicted octanol–water partition coefficient (Wildman–Crippen LogP) is 4.14. The van der Waals surface area contributed by atoms with Crippen LogP contribution in [0.5, 0.6) is 5.75 Å². The fourth-order valence-electron chi connectivity index (χ4n) is 1.69. The highest BCUT2D eigenvalue weighted by molar-refractivity contribution is 14.1. The van der Waals surface area contributed by atoms with Crippen LogP contribution in [0.2, 0.25) is 0 Å². The molecule has 1 unspecified atom stereocenters. The van der Waals surface area contributed by atoms with Crippen LogP contribution in [0.4, 0.5) is 0 Å². The zero-order chi connectivity index (χ0) is 13.1. The van der Waals surface area contributed by atoms with E-state index < -0.39 is 6.10 Å². The van der Waals surface area contributed by atoms with Crippen molar-refractivity contribution in [1.29, 1.82) is 0 Å². The van der Waals surface area contributed by atoms with Gasteiger partial charge in [0.15, 0.2) is 0 Å². The Bertz CT molecular complexity index is 540. The zero-order valence-corrected chi connectivity index (χ0v) is 13.5. The molecule has 94 valence electrons. The first kappa shape index (κ1) is 13.8. The summed E-state index contributed by atoms with van der Waals surface area (Å²) in [5.41, 5.74) is 1.75. The average molecular weight is 419 g/mol. The van der Waals surface area contributed by atoms with Crippen molar-refractivity contribution >= 4 is 38.5 Å². The monoisotopic (exact) mass is 418 g/mol. The zero-order valence-electron chi connectivity index (χ0n) is 9.73. The highest BCUT2D eigenvalue weighted by atomic mass is 127. The molecule has 2 aromatic carbocycles. The van der Waals surface area contributed by atoms with E-state index in [1.165, 1.54) is 0 Å². The molecule has 0 radical (unpaired) electrons. The summed E-state index contributed by atoms with van der Waals surface area (Å²) in [5, 5.41) is 10.4. The van der Waals surface area contributed by atoms with Gasteiger partial charge in [0, 0.05) is 8.04 Å². The molecule has 2 rings (SSSR count). The van der Waals surface area contributed by atoms with E-state index in [1.54, 1.807) is 7.11 Å². The lowest BCUT2D eigenvalue weighted by Crippen LogP contribution is -2.02. The van der Waals surface area contributed by atoms with Crippen molar-refractivity contribution in [3.8, 4) is 5.75 Å². The van der Waals surface area contributed by atoms with E-state index in [4.69, 9.17) is 4.74 Å². The molecule has 2 nitrogen and oxygen atoms in total. The van der Waals surface area contributed by atoms with Crippen LogP contribution in [0.25, 0.3) is 0 Å². The molecule has 0 aliphatic heterocycles. The minimum absolute atomic E-state index is 0.625. The van der Waals surface area contributed by atoms with Crippen LogP contribution < -0.4 is 4.74 Å². The summed E-state index contributed by atoms with van der Waals surface area (Å²) < 4.78 is 7.11. The van der Waals surface area contributed by atoms with Gasteiger partial charge in [0.1, 0.15) is 11.9 Å². The average Bonchev–Trinajstić information content (AvgIpc) is 2.41. The lowest BCUT2D eigenvalue weighted by atomic mass is 10.0. The van der Waals surface area contributed by atoms with E-state index in [1.807, 2.05) is 42.5 Å². The molecule has 1 atom stereocenters. The maximum absolute atomic E-state index is 10.4. The molecule has 0 heterocycles. The smallest absolute Gasteiger partial charge is 0.118 e. The molecule has 0 spiro atoms. The third-order valence-corrected chi connectivity index (χ3v) is 4.16. The van der Waals surface area contributed by atoms with E-state index in [9.17, 15) is 5.11 Å². The largest absolute Gasteiger partial charge is 0.497 e. The number of benzene rings is 2. The number of hydrogen-bond donors (Lipinski definition) is 1. The first-order valence-corrected chi connectivity index (χ1v) is 7.26. The van der Waals surface area contributed by atoms with Crippen molar-refractivity contribution in [2.75, 3.05) is 7.11 Å². The van der Waals surface area contributed by atoms with Crippen molar-refractivity contribution in [3.05, 3.63) is 61.6 Å². The fraction of sp³-hybridized carbons (Fsp3) is 0.143. The minimum Gasteiger partial charge on any atom is -0.497 e. The lowest BCUT2D eigenvalue weighted by Gasteiger charge is -2.14. The summed E-state index contributed by atoms with van der Waals surface area (Å²) in [7, 11) is 1.63. The normalized spacial score (nSPS) is 12.2. The molecule has 0 aliphatic rings. The Balaban J connectivity index is 2.34. The van der Waals surface area contributed by atoms with Crippen LogP contribution in [-0.4, -0.2) is 12.2 Å². The standard InChI is InChI=1S/C14H12BrIO2/c1-18-11-5-2-9(3-6-11)14(17)12-8-10(15)4-7-13(12)16/h2-8,14,17H,1H3. The molecule has 0 amide bonds. The van der Waals surface area contributed by atoms with E-state index in [-0.39, 0.29) is 0 Å². The van der Waals surface area contributed by atoms with Gasteiger partial charge in [-0.2, -0.15) is 0 Å². The summed E-state index contributed by atoms with van der Waals surface area (Å²) in [4.78, 5) is 0. The van der Waals surface area contributed by atoms with Gasteiger partial charge < -0.3 is 9.84 Å². The van der Waals surface area contributed by atoms with Crippen molar-refractivity contribution in [2.24, 2.45) is 0 Å². The molecule has 1 N–H and O–H groups in total. The van der Waals surface area contributed by atoms with Gasteiger partial charge >= 0.3 is 0 Å². The quantitative estimate of drug-likeness (QED) is 0.759. The van der Waals surface area contributed by atoms with E-state index in [2.05, 4.69) is 38.5 Å². The molecule has 4 heteroatoms. The molecule has 0 aromatic heterocycles. The highest BCUT2D eigenvalue weighted by Gasteiger charge is 2.14. The van der Waals surface area contributed by atoms with E-state index >= 15 is 0 Å². The first-order chi connectivity index (χ1) is 8.61. The van der Waals surface area contributed by atoms with Gasteiger partial charge in [-0.3, -0.25) is 0 Å². The van der Waals surface area contributed by atoms with Crippen LogP contribution in [0, 0.1) is 3.57 Å². The number of hydrogen-bond acceptors (Lipinski definition) is 2. The van der Waals surface area contributed by atoms with Crippen LogP contribution >= 0.6 is 38.5 Å². The van der Waals surface area contributed by atoms with Crippen molar-refractivity contribution in [3.63, 3.8) is 0 Å². The number of halogens is 2. The molecule has 0 bridgehead atoms. The summed E-state index contributed by atoms with van der Waals surface area (Å²) >= 11 is 5.65. The molecule has 2 aromatic rings. The van der Waals surface area contributed by atoms with Gasteiger partial charge in [-0.15, -0.1) is 0 Å². The van der Waals surface area contributed by atoms with Gasteiger partial charge in [-0.25, -0.2) is 0 Å². The van der Waals surface area contributed by atoms with Crippen molar-refractivity contribution in [1.82, 2.24) is 0 Å². The molecular weight excluding hydrogens is 407 g/mol. The highest BCUT2D eigenvalue weighted by Crippen LogP contribution is 2.29. The SMILES string of the molecule is COc1ccc(C(O)c2cc(Br)ccc2I)cc1. The first-order valence-electron chi connectivity index (χ1n) is 5.39. The van der Waals surface area contributed by atoms with Gasteiger partial charge in [0.2, 0.25) is 0 Å². The molecule has 18 heavy (non-hydrogen) atoms. The van der Waals surface area contributed by atoms with Gasteiger partial charge in [0.05, 0.1) is 7.11 Å². The Morgan fingerprint density at radius 3 is 2.44 bits per heavy atom. The molecule has 0 saturated carbocycles. The lowest BCUT2D eigenvalue weighted by molar-refractivity contribution is 0.219. The second-order valence-electron chi connectivity index (χ2n) is 3.84. The number of rotatable bonds is 3. The summed E-state index contributed by atoms with van der Waals surface area (Å²) in [6, 6.07) is 13.3. The molecule has 0 saturated heterocycles. The minimum atomic E-state index is -0.625. The Hall–Kier alpha value is -0.590. The van der Waals surface area contributed by atoms with E-state index in [0.717, 1.165) is 24.9 Å². The predicted molar refractivity (Wildman–Crippen MR) is 83.9 cm³/mol. The van der Waals surface area contributed by atoms with Gasteiger partial charge in [-0.05, 0) is 64.0 Å². The summed E-state index contributed by atoms with van der Waals surface area (Å²) in [6.45, 7) is 0. The third-order valence-electron chi connectivity index (χ3n) is 2.68. The number of aliphatic hydroxyl groups is 1. The number of methoxy groups -OCH3 is 1. The van der Waals surface area contributed by atoms with Crippen molar-refractivity contribution < 1.29 is 9.84 Å².